The lowest BCUT2D eigenvalue weighted by Gasteiger charge is -2.42. The number of rotatable bonds is 6. The van der Waals surface area contributed by atoms with Crippen LogP contribution in [0.1, 0.15) is 64.9 Å². The molecule has 0 aliphatic carbocycles. The Hall–Kier alpha value is -5.03. The average Bonchev–Trinajstić information content (AvgIpc) is 3.94. The van der Waals surface area contributed by atoms with Gasteiger partial charge in [0, 0.05) is 26.1 Å². The molecule has 6 amide bonds. The monoisotopic (exact) mass is 750 g/mol. The van der Waals surface area contributed by atoms with Crippen LogP contribution in [0.4, 0.5) is 10.8 Å². The Morgan fingerprint density at radius 2 is 1.70 bits per heavy atom. The van der Waals surface area contributed by atoms with Crippen LogP contribution >= 0.6 is 0 Å². The second-order valence-corrected chi connectivity index (χ2v) is 14.8. The van der Waals surface area contributed by atoms with Crippen molar-refractivity contribution >= 4 is 41.6 Å². The summed E-state index contributed by atoms with van der Waals surface area (Å²) in [6, 6.07) is 2.01. The number of piperidine rings is 1. The summed E-state index contributed by atoms with van der Waals surface area (Å²) in [5.74, 6) is -2.92. The molecule has 292 valence electrons. The molecule has 1 aromatic carbocycles. The number of cyclic esters (lactones) is 1. The number of aliphatic hydroxyl groups excluding tert-OH is 1. The molecule has 1 aromatic heterocycles. The molecule has 6 rings (SSSR count). The molecule has 9 atom stereocenters. The van der Waals surface area contributed by atoms with Crippen molar-refractivity contribution in [1.29, 1.82) is 0 Å². The van der Waals surface area contributed by atoms with Crippen molar-refractivity contribution in [3.8, 4) is 0 Å². The number of anilines is 1. The van der Waals surface area contributed by atoms with Crippen LogP contribution in [0, 0.1) is 5.92 Å². The van der Waals surface area contributed by atoms with Crippen LogP contribution in [-0.4, -0.2) is 129 Å². The van der Waals surface area contributed by atoms with E-state index in [-0.39, 0.29) is 37.4 Å². The smallest absolute Gasteiger partial charge is 0.329 e. The summed E-state index contributed by atoms with van der Waals surface area (Å²) in [7, 11) is 0. The highest BCUT2D eigenvalue weighted by molar-refractivity contribution is 5.97. The van der Waals surface area contributed by atoms with Gasteiger partial charge in [0.1, 0.15) is 42.8 Å². The molecule has 4 aliphatic rings. The molecule has 2 aromatic rings. The molecule has 0 bridgehead atoms. The normalized spacial score (nSPS) is 30.2. The molecule has 4 saturated heterocycles. The third-order valence-electron chi connectivity index (χ3n) is 10.8. The van der Waals surface area contributed by atoms with E-state index in [9.17, 15) is 33.9 Å². The minimum absolute atomic E-state index is 0.0352. The number of esters is 1. The summed E-state index contributed by atoms with van der Waals surface area (Å²) >= 11 is 0. The third kappa shape index (κ3) is 8.67. The number of amides is 6. The Morgan fingerprint density at radius 1 is 0.944 bits per heavy atom. The number of ether oxygens (including phenoxy) is 1. The lowest BCUT2D eigenvalue weighted by atomic mass is 9.98. The summed E-state index contributed by atoms with van der Waals surface area (Å²) < 4.78 is 11.0. The Bertz CT molecular complexity index is 1680. The first-order chi connectivity index (χ1) is 25.9. The van der Waals surface area contributed by atoms with Gasteiger partial charge in [0.2, 0.25) is 23.6 Å². The summed E-state index contributed by atoms with van der Waals surface area (Å²) in [5, 5.41) is 22.2. The second kappa shape index (κ2) is 17.0. The number of hydrogen-bond acceptors (Lipinski definition) is 11. The summed E-state index contributed by atoms with van der Waals surface area (Å²) in [4.78, 5) is 92.1. The molecular formula is C37H50N8O9. The number of aromatic nitrogens is 1. The average molecular weight is 751 g/mol. The maximum atomic E-state index is 14.6. The zero-order valence-corrected chi connectivity index (χ0v) is 30.8. The van der Waals surface area contributed by atoms with Gasteiger partial charge in [0.05, 0.1) is 18.3 Å². The first-order valence-electron chi connectivity index (χ1n) is 18.8. The van der Waals surface area contributed by atoms with Gasteiger partial charge in [-0.3, -0.25) is 29.8 Å². The molecule has 0 spiro atoms. The van der Waals surface area contributed by atoms with Crippen LogP contribution in [-0.2, 0) is 35.1 Å². The van der Waals surface area contributed by atoms with E-state index in [1.165, 1.54) is 29.2 Å². The minimum Gasteiger partial charge on any atom is -0.458 e. The molecule has 5 N–H and O–H groups in total. The highest BCUT2D eigenvalue weighted by Gasteiger charge is 2.47. The van der Waals surface area contributed by atoms with Crippen molar-refractivity contribution < 1.29 is 43.0 Å². The van der Waals surface area contributed by atoms with Gasteiger partial charge in [-0.15, -0.1) is 0 Å². The predicted molar refractivity (Wildman–Crippen MR) is 192 cm³/mol. The summed E-state index contributed by atoms with van der Waals surface area (Å²) in [6.45, 7) is 5.87. The Labute approximate surface area is 313 Å². The van der Waals surface area contributed by atoms with Gasteiger partial charge in [-0.05, 0) is 63.9 Å². The van der Waals surface area contributed by atoms with Crippen molar-refractivity contribution in [2.24, 2.45) is 5.92 Å². The maximum Gasteiger partial charge on any atom is 0.329 e. The van der Waals surface area contributed by atoms with Gasteiger partial charge < -0.3 is 39.6 Å². The molecular weight excluding hydrogens is 700 g/mol. The fourth-order valence-corrected chi connectivity index (χ4v) is 8.02. The molecule has 54 heavy (non-hydrogen) atoms. The number of oxazole rings is 1. The zero-order valence-electron chi connectivity index (χ0n) is 30.8. The Balaban J connectivity index is 1.32. The van der Waals surface area contributed by atoms with E-state index in [2.05, 4.69) is 26.3 Å². The zero-order chi connectivity index (χ0) is 38.5. The molecule has 4 aliphatic heterocycles. The number of carbonyl (C=O) groups excluding carboxylic acids is 6. The molecule has 4 fully saturated rings. The number of benzene rings is 1. The van der Waals surface area contributed by atoms with Crippen LogP contribution < -0.4 is 21.3 Å². The van der Waals surface area contributed by atoms with Crippen LogP contribution in [0.3, 0.4) is 0 Å². The van der Waals surface area contributed by atoms with E-state index in [1.807, 2.05) is 13.0 Å². The minimum atomic E-state index is -1.47. The number of nitrogens with one attached hydrogen (secondary N) is 4. The number of fused-ring (bicyclic) bond motifs is 3. The number of hydrogen-bond donors (Lipinski definition) is 5. The van der Waals surface area contributed by atoms with E-state index in [0.717, 1.165) is 6.42 Å². The van der Waals surface area contributed by atoms with Gasteiger partial charge in [0.15, 0.2) is 0 Å². The number of carbonyl (C=O) groups is 6. The van der Waals surface area contributed by atoms with Crippen molar-refractivity contribution in [3.63, 3.8) is 0 Å². The maximum absolute atomic E-state index is 14.6. The molecule has 5 heterocycles. The van der Waals surface area contributed by atoms with Gasteiger partial charge in [0.25, 0.3) is 0 Å². The van der Waals surface area contributed by atoms with E-state index in [0.29, 0.717) is 44.2 Å². The lowest BCUT2D eigenvalue weighted by Crippen LogP contribution is -2.64. The van der Waals surface area contributed by atoms with E-state index in [4.69, 9.17) is 9.15 Å². The van der Waals surface area contributed by atoms with Crippen LogP contribution in [0.5, 0.6) is 0 Å². The standard InChI is InChI=1S/C37H50N8O9/c1-21-18-28-35(51)54-23(3)29(41-30(46)25(19-24-10-5-4-6-11-24)40-36(52)42-37-38-14-17-53-37)34(50)44-16-9-13-27(44)33(49)43-15-8-7-12-26(43)31(47)39-22(2)32(48)45(28)20-21/h4-6,10-11,14,17,21-23,25-29,31,39,47H,7-9,12-13,15-16,18-20H2,1-3H3,(H,41,46)(H2,38,40,42,52)/t21-,22+,23+,25+,26+,27+,28+,29+,31?/m1/s1. The molecule has 17 nitrogen and oxygen atoms in total. The fraction of sp³-hybridized carbons (Fsp3) is 0.595. The Morgan fingerprint density at radius 3 is 2.44 bits per heavy atom. The number of nitrogens with zero attached hydrogens (tertiary/aromatic N) is 4. The molecule has 17 heteroatoms. The predicted octanol–water partition coefficient (Wildman–Crippen LogP) is 0.743. The molecule has 1 unspecified atom stereocenters. The second-order valence-electron chi connectivity index (χ2n) is 14.8. The van der Waals surface area contributed by atoms with Gasteiger partial charge in [-0.1, -0.05) is 37.3 Å². The topological polar surface area (TPSA) is 216 Å². The van der Waals surface area contributed by atoms with Crippen molar-refractivity contribution in [2.45, 2.75) is 114 Å². The van der Waals surface area contributed by atoms with Crippen LogP contribution in [0.2, 0.25) is 0 Å². The van der Waals surface area contributed by atoms with E-state index >= 15 is 0 Å². The fourth-order valence-electron chi connectivity index (χ4n) is 8.02. The summed E-state index contributed by atoms with van der Waals surface area (Å²) in [6.07, 6.45) is 3.32. The van der Waals surface area contributed by atoms with Gasteiger partial charge in [-0.25, -0.2) is 14.6 Å². The lowest BCUT2D eigenvalue weighted by molar-refractivity contribution is -0.163. The molecule has 0 radical (unpaired) electrons. The van der Waals surface area contributed by atoms with Gasteiger partial charge in [-0.2, -0.15) is 0 Å². The SMILES string of the molecule is C[C@@H]1C[C@H]2C(=O)O[C@@H](C)[C@H](NC(=O)[C@H](Cc3ccccc3)NC(=O)Nc3ncco3)C(=O)N3CCC[C@H]3C(=O)N3CCCC[C@H]3C(O)N[C@@H](C)C(=O)N2C1. The van der Waals surface area contributed by atoms with Gasteiger partial charge >= 0.3 is 18.0 Å². The first-order valence-corrected chi connectivity index (χ1v) is 18.8. The van der Waals surface area contributed by atoms with E-state index in [1.54, 1.807) is 36.1 Å². The first kappa shape index (κ1) is 38.7. The largest absolute Gasteiger partial charge is 0.458 e. The van der Waals surface area contributed by atoms with Crippen LogP contribution in [0.25, 0.3) is 0 Å². The quantitative estimate of drug-likeness (QED) is 0.260. The summed E-state index contributed by atoms with van der Waals surface area (Å²) in [5.41, 5.74) is 0.713. The number of aliphatic hydroxyl groups is 1. The van der Waals surface area contributed by atoms with Crippen molar-refractivity contribution in [1.82, 2.24) is 35.6 Å². The van der Waals surface area contributed by atoms with Crippen LogP contribution in [0.15, 0.2) is 47.2 Å². The highest BCUT2D eigenvalue weighted by atomic mass is 16.5. The highest BCUT2D eigenvalue weighted by Crippen LogP contribution is 2.29. The Kier molecular flexibility index (Phi) is 12.2. The number of urea groups is 1. The van der Waals surface area contributed by atoms with E-state index < -0.39 is 78.3 Å². The molecule has 0 saturated carbocycles. The van der Waals surface area contributed by atoms with Crippen molar-refractivity contribution in [3.05, 3.63) is 48.4 Å². The third-order valence-corrected chi connectivity index (χ3v) is 10.8. The van der Waals surface area contributed by atoms with Crippen molar-refractivity contribution in [2.75, 3.05) is 25.0 Å².